The number of rotatable bonds is 5. The van der Waals surface area contributed by atoms with Gasteiger partial charge in [0, 0.05) is 35.2 Å². The molecule has 5 nitrogen and oxygen atoms in total. The summed E-state index contributed by atoms with van der Waals surface area (Å²) in [7, 11) is 0. The van der Waals surface area contributed by atoms with Crippen molar-refractivity contribution in [3.8, 4) is 0 Å². The van der Waals surface area contributed by atoms with Crippen LogP contribution in [-0.2, 0) is 11.3 Å². The average molecular weight is 447 g/mol. The summed E-state index contributed by atoms with van der Waals surface area (Å²) in [6.45, 7) is 2.31. The number of hydrogen-bond acceptors (Lipinski definition) is 3. The maximum Gasteiger partial charge on any atom is 0.410 e. The standard InChI is InChI=1S/C23H24Cl2N2O3/c24-19-10-17(11-20(25)12-19)21(28)26-14-18-13-23(18)6-8-27(9-7-23)22(29)30-15-16-4-2-1-3-5-16/h1-5,10-12,18H,6-9,13-15H2,(H,26,28). The summed E-state index contributed by atoms with van der Waals surface area (Å²) in [5, 5.41) is 3.89. The van der Waals surface area contributed by atoms with Gasteiger partial charge in [-0.2, -0.15) is 0 Å². The van der Waals surface area contributed by atoms with Crippen molar-refractivity contribution in [1.29, 1.82) is 0 Å². The van der Waals surface area contributed by atoms with E-state index >= 15 is 0 Å². The number of nitrogens with zero attached hydrogens (tertiary/aromatic N) is 1. The first kappa shape index (κ1) is 21.0. The van der Waals surface area contributed by atoms with Crippen LogP contribution in [0.1, 0.15) is 35.2 Å². The van der Waals surface area contributed by atoms with Crippen molar-refractivity contribution in [1.82, 2.24) is 10.2 Å². The maximum atomic E-state index is 12.4. The fourth-order valence-electron chi connectivity index (χ4n) is 4.28. The Morgan fingerprint density at radius 3 is 2.40 bits per heavy atom. The zero-order chi connectivity index (χ0) is 21.1. The van der Waals surface area contributed by atoms with Gasteiger partial charge in [0.25, 0.3) is 5.91 Å². The van der Waals surface area contributed by atoms with Gasteiger partial charge in [-0.25, -0.2) is 4.79 Å². The Morgan fingerprint density at radius 1 is 1.07 bits per heavy atom. The van der Waals surface area contributed by atoms with Crippen LogP contribution in [0.3, 0.4) is 0 Å². The van der Waals surface area contributed by atoms with Gasteiger partial charge in [-0.05, 0) is 54.4 Å². The Hall–Kier alpha value is -2.24. The van der Waals surface area contributed by atoms with Crippen molar-refractivity contribution in [3.63, 3.8) is 0 Å². The van der Waals surface area contributed by atoms with Gasteiger partial charge in [0.05, 0.1) is 0 Å². The number of carbonyl (C=O) groups is 2. The monoisotopic (exact) mass is 446 g/mol. The molecular formula is C23H24Cl2N2O3. The fraction of sp³-hybridized carbons (Fsp3) is 0.391. The third-order valence-electron chi connectivity index (χ3n) is 6.22. The highest BCUT2D eigenvalue weighted by atomic mass is 35.5. The molecule has 4 rings (SSSR count). The molecule has 1 aliphatic carbocycles. The van der Waals surface area contributed by atoms with E-state index in [1.54, 1.807) is 23.1 Å². The fourth-order valence-corrected chi connectivity index (χ4v) is 4.81. The predicted molar refractivity (Wildman–Crippen MR) is 117 cm³/mol. The Morgan fingerprint density at radius 2 is 1.73 bits per heavy atom. The van der Waals surface area contributed by atoms with E-state index in [1.165, 1.54) is 0 Å². The zero-order valence-electron chi connectivity index (χ0n) is 16.6. The minimum Gasteiger partial charge on any atom is -0.445 e. The highest BCUT2D eigenvalue weighted by Gasteiger charge is 2.54. The van der Waals surface area contributed by atoms with Crippen molar-refractivity contribution < 1.29 is 14.3 Å². The number of halogens is 2. The van der Waals surface area contributed by atoms with Crippen molar-refractivity contribution in [2.75, 3.05) is 19.6 Å². The molecule has 1 spiro atoms. The highest BCUT2D eigenvalue weighted by molar-refractivity contribution is 6.35. The van der Waals surface area contributed by atoms with Crippen molar-refractivity contribution in [3.05, 3.63) is 69.7 Å². The van der Waals surface area contributed by atoms with E-state index in [9.17, 15) is 9.59 Å². The molecular weight excluding hydrogens is 423 g/mol. The second-order valence-corrected chi connectivity index (χ2v) is 9.03. The van der Waals surface area contributed by atoms with Crippen LogP contribution in [0.2, 0.25) is 10.0 Å². The summed E-state index contributed by atoms with van der Waals surface area (Å²) in [6.07, 6.45) is 2.71. The highest BCUT2D eigenvalue weighted by Crippen LogP contribution is 2.59. The van der Waals surface area contributed by atoms with E-state index in [0.717, 1.165) is 24.8 Å². The van der Waals surface area contributed by atoms with Crippen LogP contribution in [0.25, 0.3) is 0 Å². The van der Waals surface area contributed by atoms with Gasteiger partial charge in [0.15, 0.2) is 0 Å². The van der Waals surface area contributed by atoms with Crippen LogP contribution in [0.4, 0.5) is 4.79 Å². The lowest BCUT2D eigenvalue weighted by Crippen LogP contribution is -2.40. The molecule has 30 heavy (non-hydrogen) atoms. The molecule has 0 bridgehead atoms. The van der Waals surface area contributed by atoms with Crippen LogP contribution in [-0.4, -0.2) is 36.5 Å². The van der Waals surface area contributed by atoms with Crippen LogP contribution >= 0.6 is 23.2 Å². The van der Waals surface area contributed by atoms with Gasteiger partial charge in [0.1, 0.15) is 6.61 Å². The van der Waals surface area contributed by atoms with Gasteiger partial charge in [-0.3, -0.25) is 4.79 Å². The first-order valence-electron chi connectivity index (χ1n) is 10.2. The summed E-state index contributed by atoms with van der Waals surface area (Å²) < 4.78 is 5.44. The lowest BCUT2D eigenvalue weighted by atomic mass is 9.91. The van der Waals surface area contributed by atoms with E-state index < -0.39 is 0 Å². The smallest absolute Gasteiger partial charge is 0.410 e. The van der Waals surface area contributed by atoms with E-state index in [1.807, 2.05) is 30.3 Å². The SMILES string of the molecule is O=C(NCC1CC12CCN(C(=O)OCc1ccccc1)CC2)c1cc(Cl)cc(Cl)c1. The Kier molecular flexibility index (Phi) is 6.21. The lowest BCUT2D eigenvalue weighted by Gasteiger charge is -2.32. The topological polar surface area (TPSA) is 58.6 Å². The Labute approximate surface area is 186 Å². The minimum atomic E-state index is -0.253. The molecule has 1 aliphatic heterocycles. The molecule has 1 saturated carbocycles. The zero-order valence-corrected chi connectivity index (χ0v) is 18.1. The number of amides is 2. The number of carbonyl (C=O) groups excluding carboxylic acids is 2. The quantitative estimate of drug-likeness (QED) is 0.689. The second kappa shape index (κ2) is 8.86. The maximum absolute atomic E-state index is 12.4. The van der Waals surface area contributed by atoms with Crippen molar-refractivity contribution >= 4 is 35.2 Å². The van der Waals surface area contributed by atoms with Crippen LogP contribution in [0.15, 0.2) is 48.5 Å². The molecule has 1 heterocycles. The van der Waals surface area contributed by atoms with Gasteiger partial charge < -0.3 is 15.0 Å². The molecule has 0 aromatic heterocycles. The largest absolute Gasteiger partial charge is 0.445 e. The molecule has 2 aromatic carbocycles. The van der Waals surface area contributed by atoms with Gasteiger partial charge in [-0.1, -0.05) is 53.5 Å². The van der Waals surface area contributed by atoms with Gasteiger partial charge in [-0.15, -0.1) is 0 Å². The average Bonchev–Trinajstić information content (AvgIpc) is 3.42. The van der Waals surface area contributed by atoms with E-state index in [4.69, 9.17) is 27.9 Å². The molecule has 2 amide bonds. The summed E-state index contributed by atoms with van der Waals surface area (Å²) in [5.74, 6) is 0.280. The van der Waals surface area contributed by atoms with Gasteiger partial charge >= 0.3 is 6.09 Å². The third kappa shape index (κ3) is 4.90. The normalized spacial score (nSPS) is 19.4. The summed E-state index contributed by atoms with van der Waals surface area (Å²) in [5.41, 5.74) is 1.69. The van der Waals surface area contributed by atoms with E-state index in [2.05, 4.69) is 5.32 Å². The number of benzene rings is 2. The van der Waals surface area contributed by atoms with E-state index in [0.29, 0.717) is 47.8 Å². The van der Waals surface area contributed by atoms with Gasteiger partial charge in [0.2, 0.25) is 0 Å². The molecule has 7 heteroatoms. The minimum absolute atomic E-state index is 0.164. The molecule has 1 N–H and O–H groups in total. The molecule has 0 radical (unpaired) electrons. The lowest BCUT2D eigenvalue weighted by molar-refractivity contribution is 0.0778. The molecule has 1 unspecified atom stereocenters. The van der Waals surface area contributed by atoms with E-state index in [-0.39, 0.29) is 17.4 Å². The molecule has 2 fully saturated rings. The molecule has 2 aromatic rings. The summed E-state index contributed by atoms with van der Waals surface area (Å²) in [4.78, 5) is 26.5. The molecule has 2 aliphatic rings. The number of hydrogen-bond donors (Lipinski definition) is 1. The number of likely N-dealkylation sites (tertiary alicyclic amines) is 1. The Bertz CT molecular complexity index is 907. The first-order valence-corrected chi connectivity index (χ1v) is 10.9. The van der Waals surface area contributed by atoms with Crippen LogP contribution in [0, 0.1) is 11.3 Å². The summed E-state index contributed by atoms with van der Waals surface area (Å²) in [6, 6.07) is 14.5. The number of piperidine rings is 1. The second-order valence-electron chi connectivity index (χ2n) is 8.16. The van der Waals surface area contributed by atoms with Crippen molar-refractivity contribution in [2.45, 2.75) is 25.9 Å². The molecule has 1 atom stereocenters. The molecule has 158 valence electrons. The predicted octanol–water partition coefficient (Wildman–Crippen LogP) is 5.16. The number of ether oxygens (including phenoxy) is 1. The summed E-state index contributed by atoms with van der Waals surface area (Å²) >= 11 is 12.0. The van der Waals surface area contributed by atoms with Crippen LogP contribution in [0.5, 0.6) is 0 Å². The molecule has 1 saturated heterocycles. The van der Waals surface area contributed by atoms with Crippen molar-refractivity contribution in [2.24, 2.45) is 11.3 Å². The third-order valence-corrected chi connectivity index (χ3v) is 6.65. The number of nitrogens with one attached hydrogen (secondary N) is 1. The first-order chi connectivity index (χ1) is 14.4. The van der Waals surface area contributed by atoms with Crippen LogP contribution < -0.4 is 5.32 Å². The Balaban J connectivity index is 1.21.